The van der Waals surface area contributed by atoms with E-state index < -0.39 is 28.7 Å². The Labute approximate surface area is 175 Å². The van der Waals surface area contributed by atoms with Crippen molar-refractivity contribution in [2.75, 3.05) is 0 Å². The lowest BCUT2D eigenvalue weighted by atomic mass is 9.48. The second-order valence-electron chi connectivity index (χ2n) is 11.2. The number of cyclic esters (lactones) is 2. The van der Waals surface area contributed by atoms with Crippen LogP contribution in [-0.2, 0) is 28.7 Å². The lowest BCUT2D eigenvalue weighted by Crippen LogP contribution is -2.57. The van der Waals surface area contributed by atoms with Gasteiger partial charge in [0.25, 0.3) is 0 Å². The third-order valence-electron chi connectivity index (χ3n) is 10.3. The van der Waals surface area contributed by atoms with E-state index in [0.29, 0.717) is 12.8 Å². The van der Waals surface area contributed by atoms with Crippen LogP contribution in [-0.4, -0.2) is 29.3 Å². The van der Waals surface area contributed by atoms with Crippen molar-refractivity contribution in [3.05, 3.63) is 0 Å². The van der Waals surface area contributed by atoms with Gasteiger partial charge in [-0.2, -0.15) is 0 Å². The Morgan fingerprint density at radius 2 is 1.37 bits per heavy atom. The van der Waals surface area contributed by atoms with Gasteiger partial charge in [-0.3, -0.25) is 24.0 Å². The van der Waals surface area contributed by atoms with Gasteiger partial charge in [0.2, 0.25) is 0 Å². The number of ether oxygens (including phenoxy) is 1. The Bertz CT molecular complexity index is 921. The molecule has 0 aromatic carbocycles. The molecule has 6 heteroatoms. The Morgan fingerprint density at radius 3 is 2.03 bits per heavy atom. The van der Waals surface area contributed by atoms with Crippen LogP contribution < -0.4 is 0 Å². The van der Waals surface area contributed by atoms with E-state index in [-0.39, 0.29) is 58.8 Å². The summed E-state index contributed by atoms with van der Waals surface area (Å²) in [6.07, 6.45) is 5.42. The fourth-order valence-electron chi connectivity index (χ4n) is 9.67. The van der Waals surface area contributed by atoms with E-state index in [2.05, 4.69) is 0 Å². The van der Waals surface area contributed by atoms with Crippen molar-refractivity contribution >= 4 is 29.3 Å². The lowest BCUT2D eigenvalue weighted by molar-refractivity contribution is -0.161. The summed E-state index contributed by atoms with van der Waals surface area (Å²) >= 11 is 0. The van der Waals surface area contributed by atoms with E-state index in [4.69, 9.17) is 4.74 Å². The highest BCUT2D eigenvalue weighted by Gasteiger charge is 2.75. The maximum absolute atomic E-state index is 14.3. The Balaban J connectivity index is 1.38. The summed E-state index contributed by atoms with van der Waals surface area (Å²) in [5.41, 5.74) is -1.08. The molecular formula is C24H28O6. The number of hydrogen-bond donors (Lipinski definition) is 0. The normalized spacial score (nSPS) is 53.1. The van der Waals surface area contributed by atoms with Crippen molar-refractivity contribution in [1.82, 2.24) is 0 Å². The van der Waals surface area contributed by atoms with Crippen molar-refractivity contribution in [3.63, 3.8) is 0 Å². The maximum atomic E-state index is 14.3. The molecule has 1 saturated heterocycles. The molecule has 6 aliphatic rings. The standard InChI is InChI=1S/C24H28O6/c1-10(25)16-12-6-14(17(16)11(2)26)23(8-12)4-3-5-24(22(23)29)9-13-7-15(24)19-18(13)20(27)30-21(19)28/h12-19H,3-9H2,1-2H3. The number of carbonyl (C=O) groups excluding carboxylic acids is 5. The van der Waals surface area contributed by atoms with Crippen LogP contribution in [0.15, 0.2) is 0 Å². The van der Waals surface area contributed by atoms with Crippen LogP contribution in [0.3, 0.4) is 0 Å². The molecule has 0 radical (unpaired) electrons. The van der Waals surface area contributed by atoms with Crippen LogP contribution in [0.25, 0.3) is 0 Å². The van der Waals surface area contributed by atoms with Crippen molar-refractivity contribution < 1.29 is 28.7 Å². The molecule has 2 spiro atoms. The van der Waals surface area contributed by atoms with E-state index in [0.717, 1.165) is 32.1 Å². The first-order valence-electron chi connectivity index (χ1n) is 11.5. The van der Waals surface area contributed by atoms with Crippen LogP contribution >= 0.6 is 0 Å². The predicted molar refractivity (Wildman–Crippen MR) is 103 cm³/mol. The zero-order valence-corrected chi connectivity index (χ0v) is 17.5. The summed E-state index contributed by atoms with van der Waals surface area (Å²) in [6.45, 7) is 3.15. The fraction of sp³-hybridized carbons (Fsp3) is 0.792. The van der Waals surface area contributed by atoms with Gasteiger partial charge in [0, 0.05) is 22.7 Å². The van der Waals surface area contributed by atoms with Gasteiger partial charge in [0.05, 0.1) is 11.8 Å². The van der Waals surface area contributed by atoms with Gasteiger partial charge in [0.1, 0.15) is 17.3 Å². The molecule has 0 amide bonds. The highest BCUT2D eigenvalue weighted by molar-refractivity contribution is 6.01. The van der Waals surface area contributed by atoms with Crippen LogP contribution in [0.2, 0.25) is 0 Å². The molecule has 10 atom stereocenters. The minimum absolute atomic E-state index is 0.0344. The SMILES string of the molecule is CC(=O)C1C2CC(C1C(C)=O)C1(CCCC3(CC4CC3C3C(=O)OC(=O)C43)C1=O)C2. The molecule has 0 aromatic heterocycles. The van der Waals surface area contributed by atoms with E-state index in [9.17, 15) is 24.0 Å². The summed E-state index contributed by atoms with van der Waals surface area (Å²) in [5, 5.41) is 0. The molecule has 1 heterocycles. The molecule has 10 unspecified atom stereocenters. The molecule has 0 N–H and O–H groups in total. The van der Waals surface area contributed by atoms with Crippen LogP contribution in [0, 0.1) is 58.2 Å². The van der Waals surface area contributed by atoms with Gasteiger partial charge in [0.15, 0.2) is 0 Å². The molecule has 5 aliphatic carbocycles. The van der Waals surface area contributed by atoms with Crippen molar-refractivity contribution in [2.45, 2.75) is 58.8 Å². The minimum Gasteiger partial charge on any atom is -0.393 e. The summed E-state index contributed by atoms with van der Waals surface area (Å²) in [4.78, 5) is 63.9. The average Bonchev–Trinajstić information content (AvgIpc) is 3.44. The molecule has 6 fully saturated rings. The fourth-order valence-corrected chi connectivity index (χ4v) is 9.67. The third kappa shape index (κ3) is 1.95. The van der Waals surface area contributed by atoms with E-state index >= 15 is 0 Å². The first-order valence-corrected chi connectivity index (χ1v) is 11.5. The molecule has 30 heavy (non-hydrogen) atoms. The molecule has 160 valence electrons. The molecule has 6 nitrogen and oxygen atoms in total. The van der Waals surface area contributed by atoms with Crippen molar-refractivity contribution in [2.24, 2.45) is 58.2 Å². The molecule has 6 rings (SSSR count). The molecule has 1 aliphatic heterocycles. The topological polar surface area (TPSA) is 94.6 Å². The number of rotatable bonds is 2. The quantitative estimate of drug-likeness (QED) is 0.511. The average molecular weight is 412 g/mol. The number of hydrogen-bond acceptors (Lipinski definition) is 6. The number of Topliss-reactive ketones (excluding diaryl/α,β-unsaturated/α-hetero) is 3. The number of carbonyl (C=O) groups is 5. The summed E-state index contributed by atoms with van der Waals surface area (Å²) < 4.78 is 4.96. The van der Waals surface area contributed by atoms with Gasteiger partial charge in [-0.05, 0) is 76.0 Å². The minimum atomic E-state index is -0.550. The van der Waals surface area contributed by atoms with E-state index in [1.807, 2.05) is 0 Å². The Kier molecular flexibility index (Phi) is 3.58. The van der Waals surface area contributed by atoms with Crippen LogP contribution in [0.5, 0.6) is 0 Å². The van der Waals surface area contributed by atoms with Crippen molar-refractivity contribution in [3.8, 4) is 0 Å². The highest BCUT2D eigenvalue weighted by Crippen LogP contribution is 2.73. The van der Waals surface area contributed by atoms with Gasteiger partial charge < -0.3 is 4.74 Å². The maximum Gasteiger partial charge on any atom is 0.317 e. The van der Waals surface area contributed by atoms with Gasteiger partial charge in [-0.1, -0.05) is 6.42 Å². The predicted octanol–water partition coefficient (Wildman–Crippen LogP) is 2.52. The van der Waals surface area contributed by atoms with Crippen LogP contribution in [0.1, 0.15) is 58.8 Å². The zero-order chi connectivity index (χ0) is 21.2. The number of ketones is 3. The van der Waals surface area contributed by atoms with Crippen LogP contribution in [0.4, 0.5) is 0 Å². The Morgan fingerprint density at radius 1 is 0.800 bits per heavy atom. The summed E-state index contributed by atoms with van der Waals surface area (Å²) in [5.74, 6) is -1.84. The molecule has 5 saturated carbocycles. The second-order valence-corrected chi connectivity index (χ2v) is 11.2. The van der Waals surface area contributed by atoms with E-state index in [1.165, 1.54) is 0 Å². The van der Waals surface area contributed by atoms with E-state index in [1.54, 1.807) is 13.8 Å². The summed E-state index contributed by atoms with van der Waals surface area (Å²) in [7, 11) is 0. The molecular weight excluding hydrogens is 384 g/mol. The van der Waals surface area contributed by atoms with Gasteiger partial charge >= 0.3 is 11.9 Å². The van der Waals surface area contributed by atoms with Crippen molar-refractivity contribution in [1.29, 1.82) is 0 Å². The number of fused-ring (bicyclic) bond motifs is 9. The van der Waals surface area contributed by atoms with Gasteiger partial charge in [-0.15, -0.1) is 0 Å². The van der Waals surface area contributed by atoms with Gasteiger partial charge in [-0.25, -0.2) is 0 Å². The largest absolute Gasteiger partial charge is 0.393 e. The lowest BCUT2D eigenvalue weighted by Gasteiger charge is -2.53. The first kappa shape index (κ1) is 18.9. The third-order valence-corrected chi connectivity index (χ3v) is 10.3. The first-order chi connectivity index (χ1) is 14.2. The summed E-state index contributed by atoms with van der Waals surface area (Å²) in [6, 6.07) is 0. The second kappa shape index (κ2) is 5.68. The monoisotopic (exact) mass is 412 g/mol. The molecule has 4 bridgehead atoms. The zero-order valence-electron chi connectivity index (χ0n) is 17.5. The smallest absolute Gasteiger partial charge is 0.317 e. The molecule has 0 aromatic rings. The number of esters is 2. The highest BCUT2D eigenvalue weighted by atomic mass is 16.6. The Hall–Kier alpha value is -1.85.